The van der Waals surface area contributed by atoms with E-state index in [0.717, 1.165) is 11.8 Å². The molecular weight excluding hydrogens is 348 g/mol. The standard InChI is InChI=1S/C15H10N4O5S/c20-14(7-9-1-3-10(4-2-9)18(21)22)25-15-16-12-6-5-11(19(23)24)8-13(12)17-15/h1-6,8H,7H2,(H,16,17). The van der Waals surface area contributed by atoms with Crippen molar-refractivity contribution in [1.82, 2.24) is 9.97 Å². The first-order chi connectivity index (χ1) is 11.9. The van der Waals surface area contributed by atoms with E-state index in [1.807, 2.05) is 0 Å². The number of nitrogens with zero attached hydrogens (tertiary/aromatic N) is 3. The first-order valence-electron chi connectivity index (χ1n) is 7.00. The van der Waals surface area contributed by atoms with Crippen LogP contribution in [-0.4, -0.2) is 24.9 Å². The number of thioether (sulfide) groups is 1. The van der Waals surface area contributed by atoms with Crippen LogP contribution in [0, 0.1) is 20.2 Å². The average Bonchev–Trinajstić information content (AvgIpc) is 2.96. The van der Waals surface area contributed by atoms with Crippen LogP contribution >= 0.6 is 11.8 Å². The zero-order chi connectivity index (χ0) is 18.0. The third kappa shape index (κ3) is 3.80. The van der Waals surface area contributed by atoms with E-state index in [4.69, 9.17) is 0 Å². The molecule has 0 saturated heterocycles. The summed E-state index contributed by atoms with van der Waals surface area (Å²) in [4.78, 5) is 39.6. The van der Waals surface area contributed by atoms with Gasteiger partial charge in [0.05, 0.1) is 20.9 Å². The lowest BCUT2D eigenvalue weighted by Gasteiger charge is -1.99. The molecule has 0 amide bonds. The highest BCUT2D eigenvalue weighted by Crippen LogP contribution is 2.24. The van der Waals surface area contributed by atoms with Crippen molar-refractivity contribution in [3.8, 4) is 0 Å². The maximum absolute atomic E-state index is 12.1. The van der Waals surface area contributed by atoms with E-state index in [1.54, 1.807) is 0 Å². The van der Waals surface area contributed by atoms with Gasteiger partial charge in [0, 0.05) is 30.7 Å². The predicted molar refractivity (Wildman–Crippen MR) is 90.4 cm³/mol. The Labute approximate surface area is 144 Å². The molecule has 0 aliphatic rings. The number of benzene rings is 2. The summed E-state index contributed by atoms with van der Waals surface area (Å²) in [5, 5.41) is 21.5. The highest BCUT2D eigenvalue weighted by atomic mass is 32.2. The molecule has 9 nitrogen and oxygen atoms in total. The van der Waals surface area contributed by atoms with Crippen LogP contribution in [0.3, 0.4) is 0 Å². The van der Waals surface area contributed by atoms with Gasteiger partial charge in [0.15, 0.2) is 5.16 Å². The number of imidazole rings is 1. The number of nitrogens with one attached hydrogen (secondary N) is 1. The number of H-pyrrole nitrogens is 1. The molecule has 0 saturated carbocycles. The van der Waals surface area contributed by atoms with Crippen LogP contribution in [0.5, 0.6) is 0 Å². The fraction of sp³-hybridized carbons (Fsp3) is 0.0667. The van der Waals surface area contributed by atoms with Gasteiger partial charge >= 0.3 is 0 Å². The zero-order valence-corrected chi connectivity index (χ0v) is 13.4. The maximum Gasteiger partial charge on any atom is 0.271 e. The summed E-state index contributed by atoms with van der Waals surface area (Å²) in [6, 6.07) is 9.94. The first-order valence-corrected chi connectivity index (χ1v) is 7.82. The number of hydrogen-bond acceptors (Lipinski definition) is 7. The molecule has 0 aliphatic carbocycles. The summed E-state index contributed by atoms with van der Waals surface area (Å²) < 4.78 is 0. The quantitative estimate of drug-likeness (QED) is 0.420. The lowest BCUT2D eigenvalue weighted by molar-refractivity contribution is -0.385. The van der Waals surface area contributed by atoms with Crippen molar-refractivity contribution in [1.29, 1.82) is 0 Å². The van der Waals surface area contributed by atoms with Gasteiger partial charge in [-0.25, -0.2) is 4.98 Å². The number of nitro benzene ring substituents is 2. The molecule has 3 aromatic rings. The molecule has 3 rings (SSSR count). The third-order valence-electron chi connectivity index (χ3n) is 3.36. The number of aromatic amines is 1. The minimum Gasteiger partial charge on any atom is -0.332 e. The summed E-state index contributed by atoms with van der Waals surface area (Å²) in [5.74, 6) is 0. The van der Waals surface area contributed by atoms with Crippen LogP contribution in [0.1, 0.15) is 5.56 Å². The van der Waals surface area contributed by atoms with Crippen molar-refractivity contribution in [2.45, 2.75) is 11.6 Å². The highest BCUT2D eigenvalue weighted by Gasteiger charge is 2.13. The SMILES string of the molecule is O=C(Cc1ccc([N+](=O)[O-])cc1)Sc1nc2ccc([N+](=O)[O-])cc2[nH]1. The van der Waals surface area contributed by atoms with E-state index >= 15 is 0 Å². The number of carbonyl (C=O) groups is 1. The van der Waals surface area contributed by atoms with Crippen LogP contribution in [-0.2, 0) is 11.2 Å². The van der Waals surface area contributed by atoms with E-state index in [0.29, 0.717) is 21.8 Å². The minimum absolute atomic E-state index is 0.0391. The Hall–Kier alpha value is -3.27. The van der Waals surface area contributed by atoms with E-state index in [-0.39, 0.29) is 22.9 Å². The summed E-state index contributed by atoms with van der Waals surface area (Å²) in [6.07, 6.45) is 0.0832. The third-order valence-corrected chi connectivity index (χ3v) is 4.12. The van der Waals surface area contributed by atoms with E-state index < -0.39 is 9.85 Å². The number of nitro groups is 2. The Bertz CT molecular complexity index is 983. The van der Waals surface area contributed by atoms with Crippen LogP contribution < -0.4 is 0 Å². The summed E-state index contributed by atoms with van der Waals surface area (Å²) in [7, 11) is 0. The molecule has 1 aromatic heterocycles. The Morgan fingerprint density at radius 2 is 1.68 bits per heavy atom. The van der Waals surface area contributed by atoms with Crippen LogP contribution in [0.25, 0.3) is 11.0 Å². The van der Waals surface area contributed by atoms with Gasteiger partial charge in [-0.05, 0) is 23.4 Å². The summed E-state index contributed by atoms with van der Waals surface area (Å²) >= 11 is 0.880. The normalized spacial score (nSPS) is 10.7. The molecule has 2 aromatic carbocycles. The van der Waals surface area contributed by atoms with Gasteiger partial charge in [-0.15, -0.1) is 0 Å². The molecule has 0 spiro atoms. The molecule has 1 heterocycles. The summed E-state index contributed by atoms with van der Waals surface area (Å²) in [6.45, 7) is 0. The Kier molecular flexibility index (Phi) is 4.44. The van der Waals surface area contributed by atoms with E-state index in [2.05, 4.69) is 9.97 Å². The highest BCUT2D eigenvalue weighted by molar-refractivity contribution is 8.13. The fourth-order valence-corrected chi connectivity index (χ4v) is 2.94. The van der Waals surface area contributed by atoms with E-state index in [9.17, 15) is 25.0 Å². The van der Waals surface area contributed by atoms with Gasteiger partial charge in [0.1, 0.15) is 0 Å². The van der Waals surface area contributed by atoms with Crippen molar-refractivity contribution in [2.75, 3.05) is 0 Å². The molecule has 1 N–H and O–H groups in total. The summed E-state index contributed by atoms with van der Waals surface area (Å²) in [5.41, 5.74) is 1.54. The smallest absolute Gasteiger partial charge is 0.271 e. The molecule has 126 valence electrons. The van der Waals surface area contributed by atoms with Crippen molar-refractivity contribution >= 4 is 39.3 Å². The number of aromatic nitrogens is 2. The second kappa shape index (κ2) is 6.69. The van der Waals surface area contributed by atoms with Gasteiger partial charge in [-0.1, -0.05) is 12.1 Å². The second-order valence-electron chi connectivity index (χ2n) is 5.07. The second-order valence-corrected chi connectivity index (χ2v) is 6.12. The molecule has 0 atom stereocenters. The predicted octanol–water partition coefficient (Wildman–Crippen LogP) is 3.24. The van der Waals surface area contributed by atoms with Crippen molar-refractivity contribution in [3.63, 3.8) is 0 Å². The number of hydrogen-bond donors (Lipinski definition) is 1. The largest absolute Gasteiger partial charge is 0.332 e. The van der Waals surface area contributed by atoms with Crippen LogP contribution in [0.15, 0.2) is 47.6 Å². The maximum atomic E-state index is 12.1. The molecule has 10 heteroatoms. The van der Waals surface area contributed by atoms with Gasteiger partial charge in [0.2, 0.25) is 5.12 Å². The number of carbonyl (C=O) groups excluding carboxylic acids is 1. The van der Waals surface area contributed by atoms with Gasteiger partial charge in [0.25, 0.3) is 11.4 Å². The average molecular weight is 358 g/mol. The molecule has 0 fully saturated rings. The van der Waals surface area contributed by atoms with Crippen molar-refractivity contribution < 1.29 is 14.6 Å². The Morgan fingerprint density at radius 3 is 2.32 bits per heavy atom. The topological polar surface area (TPSA) is 132 Å². The van der Waals surface area contributed by atoms with Gasteiger partial charge in [-0.2, -0.15) is 0 Å². The Balaban J connectivity index is 1.71. The lowest BCUT2D eigenvalue weighted by atomic mass is 10.1. The molecule has 0 radical (unpaired) electrons. The minimum atomic E-state index is -0.507. The molecule has 0 bridgehead atoms. The zero-order valence-electron chi connectivity index (χ0n) is 12.5. The lowest BCUT2D eigenvalue weighted by Crippen LogP contribution is -1.98. The van der Waals surface area contributed by atoms with Crippen LogP contribution in [0.4, 0.5) is 11.4 Å². The monoisotopic (exact) mass is 358 g/mol. The number of non-ortho nitro benzene ring substituents is 2. The van der Waals surface area contributed by atoms with Crippen molar-refractivity contribution in [3.05, 3.63) is 68.3 Å². The van der Waals surface area contributed by atoms with Crippen LogP contribution in [0.2, 0.25) is 0 Å². The first kappa shape index (κ1) is 16.6. The molecule has 0 unspecified atom stereocenters. The fourth-order valence-electron chi connectivity index (χ4n) is 2.18. The molecular formula is C15H10N4O5S. The molecule has 25 heavy (non-hydrogen) atoms. The van der Waals surface area contributed by atoms with Gasteiger partial charge < -0.3 is 4.98 Å². The van der Waals surface area contributed by atoms with E-state index in [1.165, 1.54) is 42.5 Å². The number of rotatable bonds is 5. The molecule has 0 aliphatic heterocycles. The van der Waals surface area contributed by atoms with Crippen molar-refractivity contribution in [2.24, 2.45) is 0 Å². The number of fused-ring (bicyclic) bond motifs is 1. The Morgan fingerprint density at radius 1 is 1.04 bits per heavy atom. The van der Waals surface area contributed by atoms with Gasteiger partial charge in [-0.3, -0.25) is 25.0 Å².